The number of esters is 3. The third kappa shape index (κ3) is 1.35. The highest BCUT2D eigenvalue weighted by atomic mass is 16.8. The summed E-state index contributed by atoms with van der Waals surface area (Å²) in [6.45, 7) is 7.47. The van der Waals surface area contributed by atoms with Gasteiger partial charge in [-0.2, -0.15) is 0 Å². The van der Waals surface area contributed by atoms with Crippen LogP contribution in [0.5, 0.6) is 0 Å². The summed E-state index contributed by atoms with van der Waals surface area (Å²) in [5.41, 5.74) is -6.81. The van der Waals surface area contributed by atoms with Crippen LogP contribution >= 0.6 is 0 Å². The van der Waals surface area contributed by atoms with Crippen LogP contribution in [0.3, 0.4) is 0 Å². The van der Waals surface area contributed by atoms with Gasteiger partial charge in [-0.3, -0.25) is 4.79 Å². The van der Waals surface area contributed by atoms with Gasteiger partial charge in [-0.25, -0.2) is 9.59 Å². The molecule has 4 heterocycles. The molecule has 0 aromatic carbocycles. The molecule has 9 nitrogen and oxygen atoms in total. The third-order valence-corrected chi connectivity index (χ3v) is 8.97. The topological polar surface area (TPSA) is 129 Å². The number of hydrogen-bond donors (Lipinski definition) is 2. The lowest BCUT2D eigenvalue weighted by atomic mass is 9.51. The van der Waals surface area contributed by atoms with Crippen LogP contribution in [-0.4, -0.2) is 63.9 Å². The maximum absolute atomic E-state index is 13.3. The Bertz CT molecular complexity index is 893. The normalized spacial score (nSPS) is 59.2. The summed E-state index contributed by atoms with van der Waals surface area (Å²) in [6.07, 6.45) is -3.96. The van der Waals surface area contributed by atoms with Gasteiger partial charge in [0, 0.05) is 6.42 Å². The summed E-state index contributed by atoms with van der Waals surface area (Å²) in [6, 6.07) is 0. The highest BCUT2D eigenvalue weighted by molar-refractivity contribution is 5.93. The first-order valence-corrected chi connectivity index (χ1v) is 10.1. The molecule has 4 aliphatic heterocycles. The summed E-state index contributed by atoms with van der Waals surface area (Å²) >= 11 is 0. The Hall–Kier alpha value is -1.71. The van der Waals surface area contributed by atoms with Crippen molar-refractivity contribution in [3.63, 3.8) is 0 Å². The minimum atomic E-state index is -1.97. The van der Waals surface area contributed by atoms with Crippen molar-refractivity contribution in [3.05, 3.63) is 0 Å². The lowest BCUT2D eigenvalue weighted by molar-refractivity contribution is -0.238. The Labute approximate surface area is 166 Å². The summed E-state index contributed by atoms with van der Waals surface area (Å²) in [5, 5.41) is 23.0. The minimum absolute atomic E-state index is 0.0623. The SMILES string of the molecule is C[C@@H]1C(=O)O[C@H]2C[C@@]34[C@H]5C[C@@H](C(C)(C)C)[C@]36[C@@H](OC(=O)[C@@H]6O)O[C@]4(C(=O)O5)[C@]21O. The van der Waals surface area contributed by atoms with Gasteiger partial charge in [0.25, 0.3) is 0 Å². The Morgan fingerprint density at radius 2 is 1.72 bits per heavy atom. The predicted octanol–water partition coefficient (Wildman–Crippen LogP) is -0.340. The number of carbonyl (C=O) groups is 3. The number of hydrogen-bond acceptors (Lipinski definition) is 9. The first-order chi connectivity index (χ1) is 13.4. The lowest BCUT2D eigenvalue weighted by Gasteiger charge is -2.46. The van der Waals surface area contributed by atoms with E-state index in [1.807, 2.05) is 20.8 Å². The summed E-state index contributed by atoms with van der Waals surface area (Å²) in [5.74, 6) is -3.52. The Balaban J connectivity index is 1.68. The van der Waals surface area contributed by atoms with Gasteiger partial charge in [0.2, 0.25) is 11.9 Å². The van der Waals surface area contributed by atoms with Gasteiger partial charge in [0.15, 0.2) is 11.7 Å². The van der Waals surface area contributed by atoms with E-state index in [-0.39, 0.29) is 17.8 Å². The Kier molecular flexibility index (Phi) is 2.79. The highest BCUT2D eigenvalue weighted by Crippen LogP contribution is 2.84. The molecule has 2 N–H and O–H groups in total. The van der Waals surface area contributed by atoms with Crippen molar-refractivity contribution in [2.24, 2.45) is 28.1 Å². The first kappa shape index (κ1) is 18.1. The maximum atomic E-state index is 13.3. The zero-order valence-corrected chi connectivity index (χ0v) is 16.6. The van der Waals surface area contributed by atoms with E-state index in [0.717, 1.165) is 0 Å². The van der Waals surface area contributed by atoms with Crippen molar-refractivity contribution in [3.8, 4) is 0 Å². The van der Waals surface area contributed by atoms with Gasteiger partial charge in [-0.15, -0.1) is 0 Å². The van der Waals surface area contributed by atoms with Gasteiger partial charge < -0.3 is 29.2 Å². The Morgan fingerprint density at radius 3 is 2.38 bits per heavy atom. The second-order valence-corrected chi connectivity index (χ2v) is 10.6. The third-order valence-electron chi connectivity index (χ3n) is 8.97. The minimum Gasteiger partial charge on any atom is -0.459 e. The molecule has 0 amide bonds. The number of aliphatic hydroxyl groups is 2. The molecule has 29 heavy (non-hydrogen) atoms. The number of rotatable bonds is 0. The molecule has 0 unspecified atom stereocenters. The van der Waals surface area contributed by atoms with Crippen LogP contribution in [0, 0.1) is 28.1 Å². The van der Waals surface area contributed by atoms with Gasteiger partial charge in [0.1, 0.15) is 12.2 Å². The van der Waals surface area contributed by atoms with Gasteiger partial charge >= 0.3 is 17.9 Å². The first-order valence-electron chi connectivity index (χ1n) is 10.1. The molecule has 0 bridgehead atoms. The summed E-state index contributed by atoms with van der Waals surface area (Å²) in [7, 11) is 0. The van der Waals surface area contributed by atoms with Crippen LogP contribution in [0.15, 0.2) is 0 Å². The van der Waals surface area contributed by atoms with Gasteiger partial charge in [0.05, 0.1) is 16.7 Å². The van der Waals surface area contributed by atoms with E-state index in [1.165, 1.54) is 6.92 Å². The van der Waals surface area contributed by atoms with Crippen molar-refractivity contribution in [1.29, 1.82) is 0 Å². The van der Waals surface area contributed by atoms with Crippen molar-refractivity contribution in [1.82, 2.24) is 0 Å². The zero-order chi connectivity index (χ0) is 20.9. The maximum Gasteiger partial charge on any atom is 0.342 e. The van der Waals surface area contributed by atoms with Crippen molar-refractivity contribution in [2.45, 2.75) is 76.3 Å². The molecule has 6 fully saturated rings. The fourth-order valence-electron chi connectivity index (χ4n) is 8.06. The van der Waals surface area contributed by atoms with Crippen LogP contribution < -0.4 is 0 Å². The molecule has 10 atom stereocenters. The molecule has 158 valence electrons. The second kappa shape index (κ2) is 4.48. The van der Waals surface area contributed by atoms with Gasteiger partial charge in [-0.05, 0) is 24.7 Å². The average molecular weight is 408 g/mol. The van der Waals surface area contributed by atoms with Crippen LogP contribution in [0.25, 0.3) is 0 Å². The number of fused-ring (bicyclic) bond motifs is 1. The molecule has 4 saturated heterocycles. The zero-order valence-electron chi connectivity index (χ0n) is 16.6. The second-order valence-electron chi connectivity index (χ2n) is 10.6. The van der Waals surface area contributed by atoms with E-state index >= 15 is 0 Å². The molecule has 0 aromatic heterocycles. The number of aliphatic hydroxyl groups excluding tert-OH is 1. The number of carbonyl (C=O) groups excluding carboxylic acids is 3. The molecule has 0 radical (unpaired) electrons. The fraction of sp³-hybridized carbons (Fsp3) is 0.850. The number of ether oxygens (including phenoxy) is 4. The molecule has 2 spiro atoms. The summed E-state index contributed by atoms with van der Waals surface area (Å²) < 4.78 is 22.9. The molecule has 0 aromatic rings. The molecule has 2 aliphatic carbocycles. The summed E-state index contributed by atoms with van der Waals surface area (Å²) in [4.78, 5) is 38.1. The fourth-order valence-corrected chi connectivity index (χ4v) is 8.06. The average Bonchev–Trinajstić information content (AvgIpc) is 3.31. The predicted molar refractivity (Wildman–Crippen MR) is 90.6 cm³/mol. The van der Waals surface area contributed by atoms with E-state index in [1.54, 1.807) is 0 Å². The molecule has 6 rings (SSSR count). The van der Waals surface area contributed by atoms with Crippen LogP contribution in [0.2, 0.25) is 0 Å². The molecule has 6 aliphatic rings. The lowest BCUT2D eigenvalue weighted by Crippen LogP contribution is -2.66. The van der Waals surface area contributed by atoms with E-state index in [2.05, 4.69) is 0 Å². The molecular formula is C20H24O9. The van der Waals surface area contributed by atoms with E-state index in [0.29, 0.717) is 6.42 Å². The van der Waals surface area contributed by atoms with Crippen molar-refractivity contribution >= 4 is 17.9 Å². The molecule has 9 heteroatoms. The van der Waals surface area contributed by atoms with Crippen molar-refractivity contribution in [2.75, 3.05) is 0 Å². The highest BCUT2D eigenvalue weighted by Gasteiger charge is 3.01. The van der Waals surface area contributed by atoms with Gasteiger partial charge in [-0.1, -0.05) is 20.8 Å². The monoisotopic (exact) mass is 408 g/mol. The Morgan fingerprint density at radius 1 is 1.03 bits per heavy atom. The van der Waals surface area contributed by atoms with Crippen LogP contribution in [-0.2, 0) is 33.3 Å². The molecule has 2 saturated carbocycles. The molecular weight excluding hydrogens is 384 g/mol. The van der Waals surface area contributed by atoms with Crippen LogP contribution in [0.4, 0.5) is 0 Å². The van der Waals surface area contributed by atoms with E-state index in [4.69, 9.17) is 18.9 Å². The van der Waals surface area contributed by atoms with E-state index in [9.17, 15) is 24.6 Å². The van der Waals surface area contributed by atoms with Crippen molar-refractivity contribution < 1.29 is 43.5 Å². The van der Waals surface area contributed by atoms with Crippen LogP contribution in [0.1, 0.15) is 40.5 Å². The van der Waals surface area contributed by atoms with E-state index < -0.39 is 70.5 Å². The smallest absolute Gasteiger partial charge is 0.342 e. The quantitative estimate of drug-likeness (QED) is 0.408. The standard InChI is InChI=1S/C20H24O9/c1-7-12(22)26-10-6-17-9-5-8(16(2,3)4)18(17)11(21)13(23)28-15(18)29-20(17,14(24)27-9)19(7,10)25/h7-11,15,21,25H,5-6H2,1-4H3/t7-,8+,9-,10+,11+,15+,17-,18+,19-,20+/m1/s1. The largest absolute Gasteiger partial charge is 0.459 e.